The van der Waals surface area contributed by atoms with Crippen molar-refractivity contribution in [3.05, 3.63) is 243 Å². The van der Waals surface area contributed by atoms with E-state index in [0.717, 1.165) is 131 Å². The van der Waals surface area contributed by atoms with Crippen LogP contribution in [-0.4, -0.2) is 39.9 Å². The average molecular weight is 1020 g/mol. The van der Waals surface area contributed by atoms with Gasteiger partial charge in [0.1, 0.15) is 22.6 Å². The van der Waals surface area contributed by atoms with Gasteiger partial charge >= 0.3 is 0 Å². The Kier molecular flexibility index (Phi) is 9.54. The van der Waals surface area contributed by atoms with Gasteiger partial charge in [-0.25, -0.2) is 29.9 Å². The number of H-pyrrole nitrogens is 2. The predicted octanol–water partition coefficient (Wildman–Crippen LogP) is 18.1. The second-order valence-corrected chi connectivity index (χ2v) is 20.6. The highest BCUT2D eigenvalue weighted by Crippen LogP contribution is 2.47. The largest absolute Gasteiger partial charge is 0.324 e. The van der Waals surface area contributed by atoms with Crippen LogP contribution in [0.3, 0.4) is 0 Å². The molecule has 15 aromatic rings. The minimum atomic E-state index is 0.532. The van der Waals surface area contributed by atoms with Crippen molar-refractivity contribution in [3.63, 3.8) is 0 Å². The van der Waals surface area contributed by atoms with Crippen LogP contribution < -0.4 is 0 Å². The van der Waals surface area contributed by atoms with Gasteiger partial charge in [0.15, 0.2) is 23.3 Å². The first-order valence-electron chi connectivity index (χ1n) is 26.9. The van der Waals surface area contributed by atoms with Gasteiger partial charge in [0.05, 0.1) is 0 Å². The van der Waals surface area contributed by atoms with Crippen molar-refractivity contribution in [1.29, 1.82) is 0 Å². The molecule has 80 heavy (non-hydrogen) atoms. The van der Waals surface area contributed by atoms with Crippen LogP contribution in [0.15, 0.2) is 243 Å². The zero-order valence-electron chi connectivity index (χ0n) is 42.8. The van der Waals surface area contributed by atoms with Gasteiger partial charge in [-0.3, -0.25) is 0 Å². The van der Waals surface area contributed by atoms with E-state index < -0.39 is 0 Å². The van der Waals surface area contributed by atoms with E-state index in [2.05, 4.69) is 253 Å². The lowest BCUT2D eigenvalue weighted by atomic mass is 9.92. The van der Waals surface area contributed by atoms with Crippen LogP contribution in [0.5, 0.6) is 0 Å². The van der Waals surface area contributed by atoms with Crippen molar-refractivity contribution in [3.8, 4) is 90.1 Å². The molecule has 5 heterocycles. The topological polar surface area (TPSA) is 109 Å². The normalized spacial score (nSPS) is 12.0. The van der Waals surface area contributed by atoms with Gasteiger partial charge < -0.3 is 9.97 Å². The lowest BCUT2D eigenvalue weighted by Gasteiger charge is -2.11. The summed E-state index contributed by atoms with van der Waals surface area (Å²) >= 11 is 0. The van der Waals surface area contributed by atoms with Crippen molar-refractivity contribution in [1.82, 2.24) is 39.9 Å². The molecule has 0 aliphatic carbocycles. The molecule has 0 atom stereocenters. The second kappa shape index (κ2) is 17.3. The number of hydrogen-bond acceptors (Lipinski definition) is 6. The zero-order valence-corrected chi connectivity index (χ0v) is 42.8. The molecule has 8 heteroatoms. The van der Waals surface area contributed by atoms with Crippen LogP contribution in [0.4, 0.5) is 0 Å². The van der Waals surface area contributed by atoms with Crippen molar-refractivity contribution in [2.45, 2.75) is 0 Å². The highest BCUT2D eigenvalue weighted by atomic mass is 15.1. The van der Waals surface area contributed by atoms with Crippen LogP contribution in [0.2, 0.25) is 0 Å². The van der Waals surface area contributed by atoms with Crippen LogP contribution in [0, 0.1) is 0 Å². The van der Waals surface area contributed by atoms with Gasteiger partial charge in [0, 0.05) is 43.8 Å². The van der Waals surface area contributed by atoms with E-state index >= 15 is 0 Å². The summed E-state index contributed by atoms with van der Waals surface area (Å²) in [5, 5.41) is 12.8. The monoisotopic (exact) mass is 1020 g/mol. The number of aromatic amines is 2. The molecule has 12 aromatic carbocycles. The van der Waals surface area contributed by atoms with Gasteiger partial charge in [0.2, 0.25) is 0 Å². The Bertz CT molecular complexity index is 4990. The number of nitrogens with zero attached hydrogens (tertiary/aromatic N) is 6. The van der Waals surface area contributed by atoms with E-state index in [1.165, 1.54) is 0 Å². The molecule has 3 aromatic heterocycles. The summed E-state index contributed by atoms with van der Waals surface area (Å²) in [7, 11) is 0. The summed E-state index contributed by atoms with van der Waals surface area (Å²) < 4.78 is 0. The lowest BCUT2D eigenvalue weighted by Crippen LogP contribution is -1.89. The molecule has 0 spiro atoms. The first-order chi connectivity index (χ1) is 39.7. The molecule has 2 N–H and O–H groups in total. The van der Waals surface area contributed by atoms with E-state index in [4.69, 9.17) is 29.9 Å². The van der Waals surface area contributed by atoms with E-state index in [0.29, 0.717) is 45.9 Å². The van der Waals surface area contributed by atoms with E-state index in [-0.39, 0.29) is 0 Å². The SMILES string of the molecule is c1cc2c(c(-c3cccc4ccccc34)c1)-c1nc-2nc2[nH]c(nc3nc(nc4[nH]c(n1)c1cccc(-c5cccc6ccccc56)c41)-c1cccc(-c4cccc5ccccc45)c1-3)c1cccc(-c3cccc4ccccc34)c21. The smallest absolute Gasteiger partial charge is 0.165 e. The zero-order chi connectivity index (χ0) is 52.4. The molecule has 8 bridgehead atoms. The third kappa shape index (κ3) is 6.69. The van der Waals surface area contributed by atoms with Crippen molar-refractivity contribution < 1.29 is 0 Å². The summed E-state index contributed by atoms with van der Waals surface area (Å²) in [5.74, 6) is 2.14. The summed E-state index contributed by atoms with van der Waals surface area (Å²) in [6, 6.07) is 85.7. The minimum Gasteiger partial charge on any atom is -0.324 e. The molecule has 17 rings (SSSR count). The molecule has 0 fully saturated rings. The predicted molar refractivity (Wildman–Crippen MR) is 328 cm³/mol. The molecule has 370 valence electrons. The Labute approximate surface area is 457 Å². The van der Waals surface area contributed by atoms with Crippen LogP contribution >= 0.6 is 0 Å². The van der Waals surface area contributed by atoms with E-state index in [1.54, 1.807) is 0 Å². The Morgan fingerprint density at radius 1 is 0.188 bits per heavy atom. The molecule has 0 radical (unpaired) electrons. The molecule has 0 unspecified atom stereocenters. The summed E-state index contributed by atoms with van der Waals surface area (Å²) in [4.78, 5) is 41.3. The number of benzene rings is 12. The van der Waals surface area contributed by atoms with Gasteiger partial charge in [-0.05, 0) is 87.6 Å². The maximum atomic E-state index is 5.66. The number of hydrogen-bond donors (Lipinski definition) is 2. The van der Waals surface area contributed by atoms with E-state index in [9.17, 15) is 0 Å². The quantitative estimate of drug-likeness (QED) is 0.182. The van der Waals surface area contributed by atoms with Gasteiger partial charge in [-0.2, -0.15) is 0 Å². The Morgan fingerprint density at radius 2 is 0.450 bits per heavy atom. The number of fused-ring (bicyclic) bond motifs is 24. The van der Waals surface area contributed by atoms with Crippen molar-refractivity contribution in [2.24, 2.45) is 0 Å². The molecular formula is C72H42N8. The number of aromatic nitrogens is 8. The molecule has 0 amide bonds. The van der Waals surface area contributed by atoms with Gasteiger partial charge in [-0.1, -0.05) is 243 Å². The third-order valence-electron chi connectivity index (χ3n) is 16.3. The first-order valence-corrected chi connectivity index (χ1v) is 26.9. The number of nitrogens with one attached hydrogen (secondary N) is 2. The Hall–Kier alpha value is -11.0. The maximum absolute atomic E-state index is 5.66. The summed E-state index contributed by atoms with van der Waals surface area (Å²) in [6.45, 7) is 0. The van der Waals surface area contributed by atoms with Crippen LogP contribution in [-0.2, 0) is 0 Å². The van der Waals surface area contributed by atoms with Crippen LogP contribution in [0.1, 0.15) is 0 Å². The fraction of sp³-hybridized carbons (Fsp3) is 0. The summed E-state index contributed by atoms with van der Waals surface area (Å²) in [6.07, 6.45) is 0. The Morgan fingerprint density at radius 3 is 0.838 bits per heavy atom. The minimum absolute atomic E-state index is 0.532. The molecule has 8 nitrogen and oxygen atoms in total. The maximum Gasteiger partial charge on any atom is 0.165 e. The highest BCUT2D eigenvalue weighted by molar-refractivity contribution is 6.18. The second-order valence-electron chi connectivity index (χ2n) is 20.6. The molecule has 2 aliphatic rings. The van der Waals surface area contributed by atoms with E-state index in [1.807, 2.05) is 0 Å². The van der Waals surface area contributed by atoms with Crippen molar-refractivity contribution in [2.75, 3.05) is 0 Å². The third-order valence-corrected chi connectivity index (χ3v) is 16.3. The fourth-order valence-electron chi connectivity index (χ4n) is 12.7. The van der Waals surface area contributed by atoms with Crippen molar-refractivity contribution >= 4 is 87.2 Å². The number of rotatable bonds is 4. The van der Waals surface area contributed by atoms with Crippen LogP contribution in [0.25, 0.3) is 177 Å². The standard InChI is InChI=1S/C72H42N8/c1-5-25-45-41(17-1)21-9-29-49(45)53-33-13-37-57-61(53)69-73-65(57)78-70-63-55(51-31-11-23-43-19-3-7-27-47(43)51)35-15-39-59(63)67(75-70)80-72-64-56(52-32-12-24-44-20-4-8-28-48(44)52)36-16-40-60(64)68(76-72)79-71-62-54(34-14-38-58(62)66(74-71)77-69)50-30-10-22-42-18-2-6-26-46(42)50/h1-40H,(H2,73,74,75,76,77,78,79,80). The summed E-state index contributed by atoms with van der Waals surface area (Å²) in [5.41, 5.74) is 14.4. The van der Waals surface area contributed by atoms with Gasteiger partial charge in [-0.15, -0.1) is 0 Å². The molecule has 2 aliphatic heterocycles. The highest BCUT2D eigenvalue weighted by Gasteiger charge is 2.28. The lowest BCUT2D eigenvalue weighted by molar-refractivity contribution is 1.19. The Balaban J connectivity index is 1.05. The molecular weight excluding hydrogens is 977 g/mol. The molecule has 0 saturated heterocycles. The van der Waals surface area contributed by atoms with Gasteiger partial charge in [0.25, 0.3) is 0 Å². The average Bonchev–Trinajstić information content (AvgIpc) is 4.32. The first kappa shape index (κ1) is 44.2. The molecule has 0 saturated carbocycles. The fourth-order valence-corrected chi connectivity index (χ4v) is 12.7.